The topological polar surface area (TPSA) is 93.8 Å². The second-order valence-electron chi connectivity index (χ2n) is 6.73. The zero-order valence-corrected chi connectivity index (χ0v) is 17.6. The van der Waals surface area contributed by atoms with E-state index in [0.717, 1.165) is 52.2 Å². The summed E-state index contributed by atoms with van der Waals surface area (Å²) in [4.78, 5) is 38.6. The summed E-state index contributed by atoms with van der Waals surface area (Å²) in [5.74, 6) is 0.282. The van der Waals surface area contributed by atoms with Crippen molar-refractivity contribution in [2.45, 2.75) is 39.5 Å². The predicted molar refractivity (Wildman–Crippen MR) is 109 cm³/mol. The molecule has 158 valence electrons. The van der Waals surface area contributed by atoms with Crippen LogP contribution in [0, 0.1) is 0 Å². The molecule has 8 heteroatoms. The molecule has 0 bridgehead atoms. The van der Waals surface area contributed by atoms with E-state index >= 15 is 0 Å². The van der Waals surface area contributed by atoms with Crippen molar-refractivity contribution in [2.24, 2.45) is 0 Å². The number of hydrogen-bond donors (Lipinski definition) is 3. The van der Waals surface area contributed by atoms with Gasteiger partial charge in [-0.05, 0) is 19.9 Å². The van der Waals surface area contributed by atoms with Crippen LogP contribution in [0.15, 0.2) is 0 Å². The first-order valence-electron chi connectivity index (χ1n) is 9.98. The molecular formula is C19H39N5O3. The summed E-state index contributed by atoms with van der Waals surface area (Å²) in [5, 5.41) is 8.54. The number of amides is 2. The second kappa shape index (κ2) is 16.6. The van der Waals surface area contributed by atoms with Crippen molar-refractivity contribution < 1.29 is 14.4 Å². The maximum absolute atomic E-state index is 11.5. The lowest BCUT2D eigenvalue weighted by Crippen LogP contribution is -2.41. The van der Waals surface area contributed by atoms with Crippen molar-refractivity contribution in [3.8, 4) is 0 Å². The van der Waals surface area contributed by atoms with E-state index < -0.39 is 0 Å². The van der Waals surface area contributed by atoms with Crippen molar-refractivity contribution in [1.82, 2.24) is 25.8 Å². The van der Waals surface area contributed by atoms with E-state index in [4.69, 9.17) is 0 Å². The van der Waals surface area contributed by atoms with Crippen LogP contribution >= 0.6 is 0 Å². The molecule has 0 rings (SSSR count). The van der Waals surface area contributed by atoms with Crippen LogP contribution in [-0.4, -0.2) is 93.9 Å². The maximum atomic E-state index is 11.5. The summed E-state index contributed by atoms with van der Waals surface area (Å²) in [7, 11) is 3.30. The molecule has 0 fully saturated rings. The first-order chi connectivity index (χ1) is 12.9. The summed E-state index contributed by atoms with van der Waals surface area (Å²) >= 11 is 0. The van der Waals surface area contributed by atoms with Gasteiger partial charge in [-0.3, -0.25) is 14.4 Å². The molecule has 0 aromatic heterocycles. The quantitative estimate of drug-likeness (QED) is 0.301. The Kier molecular flexibility index (Phi) is 15.7. The summed E-state index contributed by atoms with van der Waals surface area (Å²) in [6.45, 7) is 10.2. The standard InChI is InChI=1S/C19H39N5O3/c1-5-11-23(13-8-19(27)21-4)15-16-24(12-7-17(2)25)14-10-22-9-6-18(26)20-3/h22H,5-16H2,1-4H3,(H,20,26)(H,21,27). The molecule has 0 aromatic rings. The number of nitrogens with one attached hydrogen (secondary N) is 3. The molecule has 0 spiro atoms. The minimum absolute atomic E-state index is 0.0299. The number of ketones is 1. The summed E-state index contributed by atoms with van der Waals surface area (Å²) in [6.07, 6.45) is 2.56. The first kappa shape index (κ1) is 25.5. The molecule has 0 saturated carbocycles. The van der Waals surface area contributed by atoms with E-state index in [2.05, 4.69) is 32.7 Å². The van der Waals surface area contributed by atoms with Gasteiger partial charge < -0.3 is 25.8 Å². The van der Waals surface area contributed by atoms with Crippen molar-refractivity contribution in [1.29, 1.82) is 0 Å². The van der Waals surface area contributed by atoms with E-state index in [1.165, 1.54) is 0 Å². The van der Waals surface area contributed by atoms with Crippen LogP contribution in [0.1, 0.15) is 39.5 Å². The maximum Gasteiger partial charge on any atom is 0.221 e. The van der Waals surface area contributed by atoms with E-state index in [1.54, 1.807) is 21.0 Å². The Morgan fingerprint density at radius 2 is 1.26 bits per heavy atom. The van der Waals surface area contributed by atoms with E-state index in [1.807, 2.05) is 0 Å². The highest BCUT2D eigenvalue weighted by molar-refractivity contribution is 5.76. The fourth-order valence-electron chi connectivity index (χ4n) is 2.66. The number of nitrogens with zero attached hydrogens (tertiary/aromatic N) is 2. The van der Waals surface area contributed by atoms with Gasteiger partial charge in [-0.25, -0.2) is 0 Å². The molecule has 0 saturated heterocycles. The fraction of sp³-hybridized carbons (Fsp3) is 0.842. The smallest absolute Gasteiger partial charge is 0.221 e. The summed E-state index contributed by atoms with van der Waals surface area (Å²) in [5.41, 5.74) is 0. The molecular weight excluding hydrogens is 346 g/mol. The van der Waals surface area contributed by atoms with Gasteiger partial charge in [0, 0.05) is 79.2 Å². The Morgan fingerprint density at radius 1 is 0.704 bits per heavy atom. The zero-order valence-electron chi connectivity index (χ0n) is 17.6. The molecule has 2 amide bonds. The van der Waals surface area contributed by atoms with Gasteiger partial charge in [0.2, 0.25) is 11.8 Å². The van der Waals surface area contributed by atoms with Gasteiger partial charge in [0.15, 0.2) is 0 Å². The average molecular weight is 386 g/mol. The van der Waals surface area contributed by atoms with Crippen LogP contribution in [-0.2, 0) is 14.4 Å². The van der Waals surface area contributed by atoms with E-state index in [-0.39, 0.29) is 17.6 Å². The molecule has 0 aliphatic heterocycles. The molecule has 0 radical (unpaired) electrons. The minimum Gasteiger partial charge on any atom is -0.359 e. The summed E-state index contributed by atoms with van der Waals surface area (Å²) < 4.78 is 0. The Labute approximate surface area is 164 Å². The van der Waals surface area contributed by atoms with Crippen LogP contribution < -0.4 is 16.0 Å². The normalized spacial score (nSPS) is 11.0. The molecule has 8 nitrogen and oxygen atoms in total. The Balaban J connectivity index is 4.34. The molecule has 0 aromatic carbocycles. The van der Waals surface area contributed by atoms with E-state index in [0.29, 0.717) is 25.8 Å². The number of rotatable bonds is 17. The molecule has 0 atom stereocenters. The largest absolute Gasteiger partial charge is 0.359 e. The number of carbonyl (C=O) groups is 3. The van der Waals surface area contributed by atoms with Gasteiger partial charge in [0.05, 0.1) is 0 Å². The minimum atomic E-state index is 0.0299. The Bertz CT molecular complexity index is 432. The lowest BCUT2D eigenvalue weighted by Gasteiger charge is -2.27. The number of hydrogen-bond acceptors (Lipinski definition) is 6. The molecule has 27 heavy (non-hydrogen) atoms. The lowest BCUT2D eigenvalue weighted by atomic mass is 10.2. The lowest BCUT2D eigenvalue weighted by molar-refractivity contribution is -0.121. The van der Waals surface area contributed by atoms with Gasteiger partial charge in [-0.15, -0.1) is 0 Å². The van der Waals surface area contributed by atoms with Gasteiger partial charge in [0.1, 0.15) is 5.78 Å². The average Bonchev–Trinajstić information content (AvgIpc) is 2.66. The van der Waals surface area contributed by atoms with Gasteiger partial charge in [-0.1, -0.05) is 6.92 Å². The highest BCUT2D eigenvalue weighted by atomic mass is 16.2. The molecule has 0 aliphatic carbocycles. The predicted octanol–water partition coefficient (Wildman–Crippen LogP) is -0.159. The van der Waals surface area contributed by atoms with Crippen LogP contribution in [0.4, 0.5) is 0 Å². The van der Waals surface area contributed by atoms with Gasteiger partial charge >= 0.3 is 0 Å². The van der Waals surface area contributed by atoms with Crippen LogP contribution in [0.2, 0.25) is 0 Å². The van der Waals surface area contributed by atoms with Crippen molar-refractivity contribution in [3.63, 3.8) is 0 Å². The van der Waals surface area contributed by atoms with Crippen LogP contribution in [0.3, 0.4) is 0 Å². The molecule has 3 N–H and O–H groups in total. The van der Waals surface area contributed by atoms with Crippen molar-refractivity contribution >= 4 is 17.6 Å². The zero-order chi connectivity index (χ0) is 20.5. The number of carbonyl (C=O) groups excluding carboxylic acids is 3. The van der Waals surface area contributed by atoms with Crippen LogP contribution in [0.25, 0.3) is 0 Å². The van der Waals surface area contributed by atoms with Crippen molar-refractivity contribution in [3.05, 3.63) is 0 Å². The molecule has 0 unspecified atom stereocenters. The first-order valence-corrected chi connectivity index (χ1v) is 9.98. The van der Waals surface area contributed by atoms with Crippen molar-refractivity contribution in [2.75, 3.05) is 66.5 Å². The Hall–Kier alpha value is -1.51. The number of Topliss-reactive ketones (excluding diaryl/α,β-unsaturated/α-hetero) is 1. The van der Waals surface area contributed by atoms with Gasteiger partial charge in [-0.2, -0.15) is 0 Å². The SMILES string of the molecule is CCCN(CCC(=O)NC)CCN(CCNCCC(=O)NC)CCC(C)=O. The fourth-order valence-corrected chi connectivity index (χ4v) is 2.66. The second-order valence-corrected chi connectivity index (χ2v) is 6.73. The monoisotopic (exact) mass is 385 g/mol. The third kappa shape index (κ3) is 15.3. The van der Waals surface area contributed by atoms with Gasteiger partial charge in [0.25, 0.3) is 0 Å². The molecule has 0 aliphatic rings. The van der Waals surface area contributed by atoms with E-state index in [9.17, 15) is 14.4 Å². The highest BCUT2D eigenvalue weighted by Crippen LogP contribution is 1.99. The summed E-state index contributed by atoms with van der Waals surface area (Å²) in [6, 6.07) is 0. The Morgan fingerprint density at radius 3 is 1.81 bits per heavy atom. The molecule has 0 heterocycles. The van der Waals surface area contributed by atoms with Crippen LogP contribution in [0.5, 0.6) is 0 Å². The third-order valence-corrected chi connectivity index (χ3v) is 4.40. The third-order valence-electron chi connectivity index (χ3n) is 4.40. The highest BCUT2D eigenvalue weighted by Gasteiger charge is 2.11.